The highest BCUT2D eigenvalue weighted by Crippen LogP contribution is 2.25. The molecule has 1 saturated heterocycles. The number of nitrogens with two attached hydrogens (primary N) is 1. The minimum Gasteiger partial charge on any atom is -0.382 e. The first-order valence-electron chi connectivity index (χ1n) is 10.4. The van der Waals surface area contributed by atoms with Gasteiger partial charge in [-0.05, 0) is 40.4 Å². The molecule has 0 aliphatic carbocycles. The van der Waals surface area contributed by atoms with Crippen LogP contribution in [-0.4, -0.2) is 39.9 Å². The van der Waals surface area contributed by atoms with E-state index in [0.29, 0.717) is 10.6 Å². The van der Waals surface area contributed by atoms with E-state index in [1.807, 2.05) is 12.1 Å². The predicted molar refractivity (Wildman–Crippen MR) is 125 cm³/mol. The van der Waals surface area contributed by atoms with Crippen molar-refractivity contribution >= 4 is 33.2 Å². The second-order valence-electron chi connectivity index (χ2n) is 7.68. The monoisotopic (exact) mass is 480 g/mol. The molecule has 1 fully saturated rings. The molecule has 3 aromatic rings. The molecule has 1 aliphatic heterocycles. The van der Waals surface area contributed by atoms with Crippen molar-refractivity contribution in [3.8, 4) is 0 Å². The van der Waals surface area contributed by atoms with Crippen LogP contribution in [0.2, 0.25) is 0 Å². The number of halogens is 1. The second-order valence-corrected chi connectivity index (χ2v) is 8.50. The van der Waals surface area contributed by atoms with Crippen molar-refractivity contribution in [3.05, 3.63) is 76.4 Å². The molecule has 1 atom stereocenters. The van der Waals surface area contributed by atoms with Crippen LogP contribution in [0.3, 0.4) is 0 Å². The average molecular weight is 481 g/mol. The third kappa shape index (κ3) is 5.45. The Kier molecular flexibility index (Phi) is 6.89. The van der Waals surface area contributed by atoms with Gasteiger partial charge in [-0.15, -0.1) is 0 Å². The van der Waals surface area contributed by atoms with Crippen molar-refractivity contribution in [1.29, 1.82) is 0 Å². The van der Waals surface area contributed by atoms with Crippen molar-refractivity contribution in [2.45, 2.75) is 31.8 Å². The van der Waals surface area contributed by atoms with Gasteiger partial charge >= 0.3 is 0 Å². The Hall–Kier alpha value is -2.84. The lowest BCUT2D eigenvalue weighted by atomic mass is 10.0. The zero-order valence-electron chi connectivity index (χ0n) is 17.2. The van der Waals surface area contributed by atoms with Gasteiger partial charge in [-0.3, -0.25) is 9.78 Å². The van der Waals surface area contributed by atoms with Gasteiger partial charge in [0.2, 0.25) is 0 Å². The zero-order valence-corrected chi connectivity index (χ0v) is 18.8. The van der Waals surface area contributed by atoms with E-state index in [2.05, 4.69) is 65.4 Å². The number of Topliss-reactive ketones (excluding diaryl/α,β-unsaturated/α-hetero) is 1. The summed E-state index contributed by atoms with van der Waals surface area (Å²) < 4.78 is 0.486. The van der Waals surface area contributed by atoms with Gasteiger partial charge < -0.3 is 16.0 Å². The van der Waals surface area contributed by atoms with Crippen molar-refractivity contribution in [3.63, 3.8) is 0 Å². The number of carbonyl (C=O) groups excluding carboxylic acids is 1. The number of nitrogen functional groups attached to an aromatic ring is 1. The Balaban J connectivity index is 1.46. The fraction of sp³-hybridized carbons (Fsp3) is 0.304. The number of piperidine rings is 1. The van der Waals surface area contributed by atoms with Crippen LogP contribution in [-0.2, 0) is 13.0 Å². The summed E-state index contributed by atoms with van der Waals surface area (Å²) in [6.07, 6.45) is 7.42. The van der Waals surface area contributed by atoms with Gasteiger partial charge in [-0.2, -0.15) is 0 Å². The Morgan fingerprint density at radius 3 is 2.90 bits per heavy atom. The van der Waals surface area contributed by atoms with E-state index in [1.165, 1.54) is 11.8 Å². The van der Waals surface area contributed by atoms with Gasteiger partial charge in [0, 0.05) is 55.7 Å². The van der Waals surface area contributed by atoms with Gasteiger partial charge in [0.05, 0.1) is 6.20 Å². The predicted octanol–water partition coefficient (Wildman–Crippen LogP) is 3.40. The van der Waals surface area contributed by atoms with Gasteiger partial charge in [0.25, 0.3) is 0 Å². The number of hydrogen-bond donors (Lipinski definition) is 2. The van der Waals surface area contributed by atoms with Crippen LogP contribution < -0.4 is 16.0 Å². The van der Waals surface area contributed by atoms with Crippen LogP contribution in [0.4, 0.5) is 11.5 Å². The van der Waals surface area contributed by atoms with Crippen LogP contribution in [0.5, 0.6) is 0 Å². The number of carbonyl (C=O) groups is 1. The molecule has 0 radical (unpaired) electrons. The van der Waals surface area contributed by atoms with Crippen molar-refractivity contribution < 1.29 is 4.79 Å². The summed E-state index contributed by atoms with van der Waals surface area (Å²) in [4.78, 5) is 27.7. The summed E-state index contributed by atoms with van der Waals surface area (Å²) in [6.45, 7) is 2.69. The number of anilines is 2. The number of aromatic nitrogens is 3. The highest BCUT2D eigenvalue weighted by atomic mass is 79.9. The zero-order chi connectivity index (χ0) is 21.6. The molecule has 8 heteroatoms. The average Bonchev–Trinajstić information content (AvgIpc) is 2.80. The summed E-state index contributed by atoms with van der Waals surface area (Å²) in [5, 5.41) is 3.67. The summed E-state index contributed by atoms with van der Waals surface area (Å²) in [5.41, 5.74) is 9.25. The highest BCUT2D eigenvalue weighted by molar-refractivity contribution is 9.10. The van der Waals surface area contributed by atoms with Gasteiger partial charge in [-0.1, -0.05) is 30.3 Å². The molecule has 0 amide bonds. The molecular formula is C23H25BrN6O. The third-order valence-electron chi connectivity index (χ3n) is 5.46. The number of nitrogens with zero attached hydrogens (tertiary/aromatic N) is 4. The lowest BCUT2D eigenvalue weighted by Gasteiger charge is -2.36. The van der Waals surface area contributed by atoms with E-state index in [9.17, 15) is 4.79 Å². The van der Waals surface area contributed by atoms with E-state index in [-0.39, 0.29) is 23.7 Å². The maximum atomic E-state index is 12.9. The molecule has 7 nitrogen and oxygen atoms in total. The van der Waals surface area contributed by atoms with E-state index in [0.717, 1.165) is 43.7 Å². The van der Waals surface area contributed by atoms with Gasteiger partial charge in [-0.25, -0.2) is 9.97 Å². The van der Waals surface area contributed by atoms with Crippen LogP contribution in [0, 0.1) is 0 Å². The largest absolute Gasteiger partial charge is 0.382 e. The van der Waals surface area contributed by atoms with Crippen molar-refractivity contribution in [2.24, 2.45) is 0 Å². The van der Waals surface area contributed by atoms with Crippen LogP contribution in [0.1, 0.15) is 34.5 Å². The molecule has 160 valence electrons. The highest BCUT2D eigenvalue weighted by Gasteiger charge is 2.23. The molecule has 1 unspecified atom stereocenters. The van der Waals surface area contributed by atoms with Crippen LogP contribution in [0.25, 0.3) is 0 Å². The van der Waals surface area contributed by atoms with Gasteiger partial charge in [0.1, 0.15) is 10.3 Å². The normalized spacial score (nSPS) is 16.3. The van der Waals surface area contributed by atoms with E-state index in [1.54, 1.807) is 12.4 Å². The molecule has 4 rings (SSSR count). The number of nitrogens with one attached hydrogen (secondary N) is 1. The quantitative estimate of drug-likeness (QED) is 0.500. The van der Waals surface area contributed by atoms with Crippen LogP contribution in [0.15, 0.2) is 59.6 Å². The van der Waals surface area contributed by atoms with E-state index in [4.69, 9.17) is 5.73 Å². The number of hydrogen-bond acceptors (Lipinski definition) is 7. The molecule has 0 bridgehead atoms. The molecule has 1 aromatic carbocycles. The minimum atomic E-state index is -0.170. The molecule has 2 aromatic heterocycles. The number of rotatable bonds is 7. The number of pyridine rings is 1. The second kappa shape index (κ2) is 9.98. The maximum absolute atomic E-state index is 12.9. The smallest absolute Gasteiger partial charge is 0.189 e. The Labute approximate surface area is 190 Å². The minimum absolute atomic E-state index is 0.141. The first kappa shape index (κ1) is 21.4. The standard InChI is InChI=1S/C23H25BrN6O/c24-21-14-28-23(25)22(29-21)20(31)11-17-13-26-9-8-19(17)30-10-4-7-18(15-30)27-12-16-5-2-1-3-6-16/h1-3,5-6,8-9,13-14,18,27H,4,7,10-12,15H2,(H2,25,28). The molecular weight excluding hydrogens is 456 g/mol. The Morgan fingerprint density at radius 2 is 2.06 bits per heavy atom. The molecule has 1 aliphatic rings. The van der Waals surface area contributed by atoms with E-state index >= 15 is 0 Å². The lowest BCUT2D eigenvalue weighted by molar-refractivity contribution is 0.0988. The first-order chi connectivity index (χ1) is 15.1. The van der Waals surface area contributed by atoms with Crippen molar-refractivity contribution in [2.75, 3.05) is 23.7 Å². The van der Waals surface area contributed by atoms with Crippen molar-refractivity contribution in [1.82, 2.24) is 20.3 Å². The molecule has 0 spiro atoms. The summed E-state index contributed by atoms with van der Waals surface area (Å²) in [6, 6.07) is 12.8. The number of ketones is 1. The topological polar surface area (TPSA) is 97.0 Å². The van der Waals surface area contributed by atoms with Gasteiger partial charge in [0.15, 0.2) is 11.6 Å². The SMILES string of the molecule is Nc1ncc(Br)nc1C(=O)Cc1cnccc1N1CCCC(NCc2ccccc2)C1. The molecule has 3 N–H and O–H groups in total. The fourth-order valence-corrected chi connectivity index (χ4v) is 4.20. The molecule has 31 heavy (non-hydrogen) atoms. The maximum Gasteiger partial charge on any atom is 0.189 e. The summed E-state index contributed by atoms with van der Waals surface area (Å²) >= 11 is 3.26. The molecule has 3 heterocycles. The third-order valence-corrected chi connectivity index (χ3v) is 5.85. The Morgan fingerprint density at radius 1 is 1.23 bits per heavy atom. The van der Waals surface area contributed by atoms with Crippen LogP contribution >= 0.6 is 15.9 Å². The lowest BCUT2D eigenvalue weighted by Crippen LogP contribution is -2.45. The first-order valence-corrected chi connectivity index (χ1v) is 11.2. The summed E-state index contributed by atoms with van der Waals surface area (Å²) in [5.74, 6) is -0.0295. The summed E-state index contributed by atoms with van der Waals surface area (Å²) in [7, 11) is 0. The number of benzene rings is 1. The van der Waals surface area contributed by atoms with E-state index < -0.39 is 0 Å². The Bertz CT molecular complexity index is 1050. The fourth-order valence-electron chi connectivity index (χ4n) is 3.92. The molecule has 0 saturated carbocycles.